The molecule has 0 aromatic heterocycles. The lowest BCUT2D eigenvalue weighted by Crippen LogP contribution is -2.73. The summed E-state index contributed by atoms with van der Waals surface area (Å²) < 4.78 is 65.6. The molecule has 264 valence electrons. The summed E-state index contributed by atoms with van der Waals surface area (Å²) >= 11 is 13.2. The second kappa shape index (κ2) is 12.2. The number of amides is 1. The van der Waals surface area contributed by atoms with Gasteiger partial charge in [0.05, 0.1) is 65.2 Å². The van der Waals surface area contributed by atoms with E-state index in [4.69, 9.17) is 32.7 Å². The molecule has 50 heavy (non-hydrogen) atoms. The van der Waals surface area contributed by atoms with E-state index in [-0.39, 0.29) is 57.5 Å². The molecule has 3 aromatic rings. The first kappa shape index (κ1) is 33.4. The number of anilines is 2. The highest BCUT2D eigenvalue weighted by atomic mass is 35.5. The van der Waals surface area contributed by atoms with Crippen LogP contribution in [0.3, 0.4) is 0 Å². The van der Waals surface area contributed by atoms with E-state index in [1.54, 1.807) is 36.4 Å². The second-order valence-corrected chi connectivity index (χ2v) is 14.8. The maximum Gasteiger partial charge on any atom is 0.401 e. The number of carbonyl (C=O) groups is 2. The highest BCUT2D eigenvalue weighted by molar-refractivity contribution is 6.40. The number of hydrogen-bond donors (Lipinski definition) is 1. The minimum absolute atomic E-state index is 0.00118. The van der Waals surface area contributed by atoms with Crippen LogP contribution in [0.4, 0.5) is 28.9 Å². The maximum absolute atomic E-state index is 15.7. The lowest BCUT2D eigenvalue weighted by atomic mass is 9.72. The van der Waals surface area contributed by atoms with Gasteiger partial charge in [0, 0.05) is 54.0 Å². The summed E-state index contributed by atoms with van der Waals surface area (Å²) in [5.41, 5.74) is 2.15. The van der Waals surface area contributed by atoms with Crippen LogP contribution >= 0.6 is 23.2 Å². The molecule has 5 aliphatic rings. The summed E-state index contributed by atoms with van der Waals surface area (Å²) in [6.07, 6.45) is -2.51. The quantitative estimate of drug-likeness (QED) is 0.286. The molecular weight excluding hydrogens is 703 g/mol. The minimum Gasteiger partial charge on any atom is -0.478 e. The Balaban J connectivity index is 1.00. The number of likely N-dealkylation sites (tertiary alicyclic amines) is 1. The van der Waals surface area contributed by atoms with Gasteiger partial charge in [-0.15, -0.1) is 0 Å². The molecule has 15 heteroatoms. The first-order valence-electron chi connectivity index (χ1n) is 16.3. The van der Waals surface area contributed by atoms with E-state index in [1.165, 1.54) is 9.80 Å². The zero-order chi connectivity index (χ0) is 35.1. The smallest absolute Gasteiger partial charge is 0.401 e. The van der Waals surface area contributed by atoms with Crippen molar-refractivity contribution in [3.8, 4) is 16.9 Å². The molecule has 0 radical (unpaired) electrons. The van der Waals surface area contributed by atoms with Gasteiger partial charge in [0.2, 0.25) is 0 Å². The lowest BCUT2D eigenvalue weighted by molar-refractivity contribution is -0.172. The molecule has 8 rings (SSSR count). The molecule has 5 aliphatic heterocycles. The first-order valence-corrected chi connectivity index (χ1v) is 17.1. The van der Waals surface area contributed by atoms with Gasteiger partial charge >= 0.3 is 12.1 Å². The van der Waals surface area contributed by atoms with Gasteiger partial charge in [-0.2, -0.15) is 13.2 Å². The number of hydrogen-bond acceptors (Lipinski definition) is 7. The number of para-hydroxylation sites is 1. The van der Waals surface area contributed by atoms with Gasteiger partial charge in [-0.3, -0.25) is 9.69 Å². The zero-order valence-corrected chi connectivity index (χ0v) is 28.1. The number of carboxylic acid groups (broad SMARTS) is 1. The normalized spacial score (nSPS) is 22.6. The minimum atomic E-state index is -4.22. The number of alkyl halides is 3. The first-order chi connectivity index (χ1) is 23.8. The number of fused-ring (bicyclic) bond motifs is 3. The van der Waals surface area contributed by atoms with Crippen LogP contribution in [0.2, 0.25) is 10.0 Å². The van der Waals surface area contributed by atoms with Crippen molar-refractivity contribution in [2.45, 2.75) is 37.6 Å². The molecule has 0 saturated carbocycles. The SMILES string of the molecule is O=C(O)c1cc(F)c(-c2cccc3c2OCN(C(=O)c2c(Cl)cc(N4CC5(CN(CC(F)(F)F)C5)C4)cc2Cl)C3)cc1N1C2CCC1COC2. The fraction of sp³-hybridized carbons (Fsp3) is 0.429. The van der Waals surface area contributed by atoms with Crippen molar-refractivity contribution < 1.29 is 41.7 Å². The van der Waals surface area contributed by atoms with Crippen LogP contribution in [0.15, 0.2) is 42.5 Å². The Morgan fingerprint density at radius 2 is 1.64 bits per heavy atom. The highest BCUT2D eigenvalue weighted by Crippen LogP contribution is 2.46. The fourth-order valence-electron chi connectivity index (χ4n) is 8.31. The molecule has 4 saturated heterocycles. The van der Waals surface area contributed by atoms with Gasteiger partial charge in [-0.1, -0.05) is 41.4 Å². The van der Waals surface area contributed by atoms with E-state index in [2.05, 4.69) is 0 Å². The number of halogens is 6. The Morgan fingerprint density at radius 1 is 0.960 bits per heavy atom. The number of benzene rings is 3. The Kier molecular flexibility index (Phi) is 8.13. The van der Waals surface area contributed by atoms with Gasteiger partial charge in [0.15, 0.2) is 6.73 Å². The molecule has 9 nitrogen and oxygen atoms in total. The summed E-state index contributed by atoms with van der Waals surface area (Å²) in [4.78, 5) is 32.8. The summed E-state index contributed by atoms with van der Waals surface area (Å²) in [5.74, 6) is -2.00. The topological polar surface area (TPSA) is 85.8 Å². The average molecular weight is 736 g/mol. The third kappa shape index (κ3) is 5.81. The number of morpholine rings is 1. The second-order valence-electron chi connectivity index (χ2n) is 14.0. The summed E-state index contributed by atoms with van der Waals surface area (Å²) in [5, 5.41) is 10.2. The van der Waals surface area contributed by atoms with Crippen LogP contribution in [0, 0.1) is 11.2 Å². The maximum atomic E-state index is 15.7. The number of ether oxygens (including phenoxy) is 2. The van der Waals surface area contributed by atoms with Crippen LogP contribution in [-0.4, -0.2) is 97.7 Å². The lowest BCUT2D eigenvalue weighted by Gasteiger charge is -2.61. The van der Waals surface area contributed by atoms with Crippen molar-refractivity contribution in [3.05, 3.63) is 75.0 Å². The van der Waals surface area contributed by atoms with Crippen molar-refractivity contribution in [1.82, 2.24) is 9.80 Å². The molecule has 0 aliphatic carbocycles. The van der Waals surface area contributed by atoms with Gasteiger partial charge in [0.1, 0.15) is 11.6 Å². The zero-order valence-electron chi connectivity index (χ0n) is 26.6. The number of carboxylic acids is 1. The molecule has 2 bridgehead atoms. The van der Waals surface area contributed by atoms with Crippen LogP contribution < -0.4 is 14.5 Å². The van der Waals surface area contributed by atoms with Gasteiger partial charge in [-0.25, -0.2) is 9.18 Å². The van der Waals surface area contributed by atoms with Crippen molar-refractivity contribution in [2.75, 3.05) is 62.5 Å². The number of aromatic carboxylic acids is 1. The summed E-state index contributed by atoms with van der Waals surface area (Å²) in [6.45, 7) is 1.85. The third-order valence-electron chi connectivity index (χ3n) is 10.4. The largest absolute Gasteiger partial charge is 0.478 e. The molecule has 1 spiro atoms. The van der Waals surface area contributed by atoms with Crippen LogP contribution in [0.5, 0.6) is 5.75 Å². The van der Waals surface area contributed by atoms with Crippen molar-refractivity contribution >= 4 is 46.5 Å². The summed E-state index contributed by atoms with van der Waals surface area (Å²) in [7, 11) is 0. The molecule has 1 N–H and O–H groups in total. The molecular formula is C35H32Cl2F4N4O5. The van der Waals surface area contributed by atoms with E-state index in [0.717, 1.165) is 18.9 Å². The van der Waals surface area contributed by atoms with E-state index in [1.807, 2.05) is 9.80 Å². The molecule has 5 heterocycles. The predicted octanol–water partition coefficient (Wildman–Crippen LogP) is 6.54. The number of carbonyl (C=O) groups excluding carboxylic acids is 1. The number of nitrogens with zero attached hydrogens (tertiary/aromatic N) is 4. The highest BCUT2D eigenvalue weighted by Gasteiger charge is 2.53. The summed E-state index contributed by atoms with van der Waals surface area (Å²) in [6, 6.07) is 11.1. The van der Waals surface area contributed by atoms with Gasteiger partial charge < -0.3 is 29.3 Å². The molecule has 1 amide bonds. The standard InChI is InChI=1S/C35H32Cl2F4N4O5/c36-26-6-22(44-15-34(16-44)13-42(14-34)17-35(39,40)41)7-27(37)30(26)32(46)43-10-19-2-1-3-23(31(19)50-18-43)24-9-29(25(33(47)48)8-28(24)38)45-20-4-5-21(45)12-49-11-20/h1-3,6-9,20-21H,4-5,10-18H2,(H,47,48). The van der Waals surface area contributed by atoms with Crippen molar-refractivity contribution in [2.24, 2.45) is 5.41 Å². The monoisotopic (exact) mass is 734 g/mol. The average Bonchev–Trinajstić information content (AvgIpc) is 3.26. The molecule has 2 unspecified atom stereocenters. The molecule has 2 atom stereocenters. The molecule has 4 fully saturated rings. The predicted molar refractivity (Wildman–Crippen MR) is 178 cm³/mol. The van der Waals surface area contributed by atoms with Crippen LogP contribution in [-0.2, 0) is 11.3 Å². The molecule has 3 aromatic carbocycles. The van der Waals surface area contributed by atoms with Crippen molar-refractivity contribution in [1.29, 1.82) is 0 Å². The van der Waals surface area contributed by atoms with E-state index < -0.39 is 30.4 Å². The van der Waals surface area contributed by atoms with Crippen molar-refractivity contribution in [3.63, 3.8) is 0 Å². The Morgan fingerprint density at radius 3 is 2.28 bits per heavy atom. The van der Waals surface area contributed by atoms with Crippen LogP contribution in [0.1, 0.15) is 39.1 Å². The Labute approximate surface area is 294 Å². The van der Waals surface area contributed by atoms with E-state index >= 15 is 4.39 Å². The van der Waals surface area contributed by atoms with E-state index in [9.17, 15) is 27.9 Å². The van der Waals surface area contributed by atoms with E-state index in [0.29, 0.717) is 67.6 Å². The third-order valence-corrected chi connectivity index (χ3v) is 11.0. The number of rotatable bonds is 6. The van der Waals surface area contributed by atoms with Gasteiger partial charge in [0.25, 0.3) is 5.91 Å². The Bertz CT molecular complexity index is 1860. The fourth-order valence-corrected chi connectivity index (χ4v) is 8.95. The Hall–Kier alpha value is -3.78. The van der Waals surface area contributed by atoms with Gasteiger partial charge in [-0.05, 0) is 37.1 Å². The van der Waals surface area contributed by atoms with Crippen LogP contribution in [0.25, 0.3) is 11.1 Å².